The molecule has 0 aliphatic rings. The zero-order chi connectivity index (χ0) is 12.6. The van der Waals surface area contributed by atoms with E-state index < -0.39 is 0 Å². The van der Waals surface area contributed by atoms with E-state index in [1.165, 1.54) is 0 Å². The largest absolute Gasteiger partial charge is 0.385 e. The number of aromatic nitrogens is 4. The van der Waals surface area contributed by atoms with Crippen LogP contribution in [0, 0.1) is 0 Å². The summed E-state index contributed by atoms with van der Waals surface area (Å²) in [5.41, 5.74) is 0. The Bertz CT molecular complexity index is 375. The zero-order valence-corrected chi connectivity index (χ0v) is 10.6. The third-order valence-electron chi connectivity index (χ3n) is 2.63. The van der Waals surface area contributed by atoms with Gasteiger partial charge in [-0.2, -0.15) is 10.2 Å². The Hall–Kier alpha value is -1.66. The van der Waals surface area contributed by atoms with Crippen LogP contribution in [0.25, 0.3) is 0 Å². The molecule has 2 aromatic heterocycles. The molecule has 0 saturated carbocycles. The Morgan fingerprint density at radius 1 is 1.06 bits per heavy atom. The first kappa shape index (κ1) is 12.8. The molecule has 0 saturated heterocycles. The van der Waals surface area contributed by atoms with Crippen LogP contribution in [0.3, 0.4) is 0 Å². The van der Waals surface area contributed by atoms with Crippen molar-refractivity contribution in [2.24, 2.45) is 0 Å². The molecule has 0 aliphatic carbocycles. The van der Waals surface area contributed by atoms with E-state index in [-0.39, 0.29) is 0 Å². The van der Waals surface area contributed by atoms with Crippen molar-refractivity contribution in [3.63, 3.8) is 0 Å². The first-order valence-corrected chi connectivity index (χ1v) is 6.04. The van der Waals surface area contributed by atoms with Gasteiger partial charge in [0.1, 0.15) is 0 Å². The normalized spacial score (nSPS) is 11.2. The molecule has 18 heavy (non-hydrogen) atoms. The Labute approximate surface area is 107 Å². The van der Waals surface area contributed by atoms with Crippen molar-refractivity contribution in [3.8, 4) is 0 Å². The third kappa shape index (κ3) is 3.97. The fourth-order valence-electron chi connectivity index (χ4n) is 1.80. The Kier molecular flexibility index (Phi) is 4.92. The van der Waals surface area contributed by atoms with Crippen molar-refractivity contribution >= 4 is 0 Å². The van der Waals surface area contributed by atoms with Crippen LogP contribution in [0.1, 0.15) is 6.42 Å². The molecule has 0 spiro atoms. The number of ether oxygens (including phenoxy) is 1. The minimum absolute atomic E-state index is 0.760. The number of methoxy groups -OCH3 is 1. The summed E-state index contributed by atoms with van der Waals surface area (Å²) in [6.45, 7) is 3.25. The summed E-state index contributed by atoms with van der Waals surface area (Å²) in [6, 6.07) is 3.86. The van der Waals surface area contributed by atoms with Gasteiger partial charge in [0.05, 0.1) is 13.3 Å². The molecular weight excluding hydrogens is 230 g/mol. The van der Waals surface area contributed by atoms with Gasteiger partial charge in [-0.25, -0.2) is 0 Å². The molecule has 2 rings (SSSR count). The minimum Gasteiger partial charge on any atom is -0.385 e. The molecule has 0 radical (unpaired) electrons. The standard InChI is InChI=1S/C12H19N5O/c1-18-10-4-7-15(11-16-8-2-5-13-16)12-17-9-3-6-14-17/h2-3,5-6,8-9H,4,7,10-12H2,1H3. The van der Waals surface area contributed by atoms with E-state index in [0.717, 1.165) is 32.9 Å². The number of nitrogens with zero attached hydrogens (tertiary/aromatic N) is 5. The number of rotatable bonds is 8. The van der Waals surface area contributed by atoms with Crippen molar-refractivity contribution in [2.75, 3.05) is 20.3 Å². The highest BCUT2D eigenvalue weighted by Gasteiger charge is 2.06. The van der Waals surface area contributed by atoms with Crippen molar-refractivity contribution < 1.29 is 4.74 Å². The van der Waals surface area contributed by atoms with Crippen LogP contribution >= 0.6 is 0 Å². The SMILES string of the molecule is COCCCN(Cn1cccn1)Cn1cccn1. The molecule has 0 amide bonds. The van der Waals surface area contributed by atoms with Gasteiger partial charge in [-0.05, 0) is 18.6 Å². The Morgan fingerprint density at radius 3 is 2.11 bits per heavy atom. The van der Waals surface area contributed by atoms with Crippen LogP contribution in [0.15, 0.2) is 36.9 Å². The molecular formula is C12H19N5O. The molecule has 2 heterocycles. The quantitative estimate of drug-likeness (QED) is 0.656. The average Bonchev–Trinajstić information content (AvgIpc) is 3.02. The summed E-state index contributed by atoms with van der Waals surface area (Å²) in [5, 5.41) is 8.46. The van der Waals surface area contributed by atoms with Crippen molar-refractivity contribution in [1.29, 1.82) is 0 Å². The van der Waals surface area contributed by atoms with Crippen LogP contribution in [0.4, 0.5) is 0 Å². The van der Waals surface area contributed by atoms with Crippen LogP contribution < -0.4 is 0 Å². The highest BCUT2D eigenvalue weighted by Crippen LogP contribution is 1.99. The van der Waals surface area contributed by atoms with Crippen molar-refractivity contribution in [3.05, 3.63) is 36.9 Å². The van der Waals surface area contributed by atoms with E-state index in [0.29, 0.717) is 0 Å². The molecule has 0 aromatic carbocycles. The monoisotopic (exact) mass is 249 g/mol. The summed E-state index contributed by atoms with van der Waals surface area (Å²) >= 11 is 0. The maximum absolute atomic E-state index is 5.09. The van der Waals surface area contributed by atoms with Crippen LogP contribution in [0.5, 0.6) is 0 Å². The first-order valence-electron chi connectivity index (χ1n) is 6.04. The van der Waals surface area contributed by atoms with Gasteiger partial charge in [-0.3, -0.25) is 14.3 Å². The third-order valence-corrected chi connectivity index (χ3v) is 2.63. The molecule has 0 atom stereocenters. The second-order valence-corrected chi connectivity index (χ2v) is 4.11. The van der Waals surface area contributed by atoms with Crippen molar-refractivity contribution in [1.82, 2.24) is 24.5 Å². The lowest BCUT2D eigenvalue weighted by Crippen LogP contribution is -2.30. The van der Waals surface area contributed by atoms with Gasteiger partial charge in [0, 0.05) is 45.0 Å². The van der Waals surface area contributed by atoms with Gasteiger partial charge in [-0.1, -0.05) is 0 Å². The fraction of sp³-hybridized carbons (Fsp3) is 0.500. The van der Waals surface area contributed by atoms with Gasteiger partial charge < -0.3 is 4.74 Å². The summed E-state index contributed by atoms with van der Waals surface area (Å²) in [5.74, 6) is 0. The van der Waals surface area contributed by atoms with Gasteiger partial charge in [0.15, 0.2) is 0 Å². The predicted octanol–water partition coefficient (Wildman–Crippen LogP) is 1.03. The average molecular weight is 249 g/mol. The Balaban J connectivity index is 1.89. The maximum atomic E-state index is 5.09. The topological polar surface area (TPSA) is 48.1 Å². The summed E-state index contributed by atoms with van der Waals surface area (Å²) in [7, 11) is 1.73. The van der Waals surface area contributed by atoms with Gasteiger partial charge in [-0.15, -0.1) is 0 Å². The second-order valence-electron chi connectivity index (χ2n) is 4.11. The van der Waals surface area contributed by atoms with Crippen LogP contribution in [0.2, 0.25) is 0 Å². The fourth-order valence-corrected chi connectivity index (χ4v) is 1.80. The van der Waals surface area contributed by atoms with E-state index in [9.17, 15) is 0 Å². The van der Waals surface area contributed by atoms with Gasteiger partial charge >= 0.3 is 0 Å². The van der Waals surface area contributed by atoms with Crippen LogP contribution in [-0.4, -0.2) is 44.7 Å². The summed E-state index contributed by atoms with van der Waals surface area (Å²) in [4.78, 5) is 2.28. The smallest absolute Gasteiger partial charge is 0.0943 e. The first-order chi connectivity index (χ1) is 8.88. The van der Waals surface area contributed by atoms with E-state index in [1.54, 1.807) is 19.5 Å². The zero-order valence-electron chi connectivity index (χ0n) is 10.6. The highest BCUT2D eigenvalue weighted by molar-refractivity contribution is 4.79. The van der Waals surface area contributed by atoms with E-state index >= 15 is 0 Å². The van der Waals surface area contributed by atoms with Crippen molar-refractivity contribution in [2.45, 2.75) is 19.8 Å². The number of hydrogen-bond acceptors (Lipinski definition) is 4. The van der Waals surface area contributed by atoms with Gasteiger partial charge in [0.2, 0.25) is 0 Å². The van der Waals surface area contributed by atoms with E-state index in [1.807, 2.05) is 33.9 Å². The second kappa shape index (κ2) is 6.93. The van der Waals surface area contributed by atoms with E-state index in [2.05, 4.69) is 15.1 Å². The molecule has 0 fully saturated rings. The molecule has 0 unspecified atom stereocenters. The lowest BCUT2D eigenvalue weighted by atomic mass is 10.4. The number of hydrogen-bond donors (Lipinski definition) is 0. The minimum atomic E-state index is 0.760. The molecule has 0 bridgehead atoms. The molecule has 6 heteroatoms. The molecule has 0 aliphatic heterocycles. The maximum Gasteiger partial charge on any atom is 0.0943 e. The van der Waals surface area contributed by atoms with Crippen LogP contribution in [-0.2, 0) is 18.1 Å². The molecule has 6 nitrogen and oxygen atoms in total. The summed E-state index contributed by atoms with van der Waals surface area (Å²) in [6.07, 6.45) is 8.51. The molecule has 2 aromatic rings. The van der Waals surface area contributed by atoms with E-state index in [4.69, 9.17) is 4.74 Å². The lowest BCUT2D eigenvalue weighted by molar-refractivity contribution is 0.124. The molecule has 98 valence electrons. The lowest BCUT2D eigenvalue weighted by Gasteiger charge is -2.22. The molecule has 0 N–H and O–H groups in total. The highest BCUT2D eigenvalue weighted by atomic mass is 16.5. The summed E-state index contributed by atoms with van der Waals surface area (Å²) < 4.78 is 8.92. The predicted molar refractivity (Wildman–Crippen MR) is 67.7 cm³/mol. The van der Waals surface area contributed by atoms with Gasteiger partial charge in [0.25, 0.3) is 0 Å². The Morgan fingerprint density at radius 2 is 1.67 bits per heavy atom.